The number of nitrogens with zero attached hydrogens (tertiary/aromatic N) is 1. The lowest BCUT2D eigenvalue weighted by molar-refractivity contribution is 0.476. The van der Waals surface area contributed by atoms with E-state index < -0.39 is 0 Å². The number of furan rings is 1. The smallest absolute Gasteiger partial charge is 0.134 e. The fourth-order valence-corrected chi connectivity index (χ4v) is 2.37. The standard InChI is InChI=1S/C14H11Cl2N3O/c15-10-2-3-11-9(5-10)6-12(20-11)14(19-17)8-1-4-13(16)18-7-8/h1-7,14,19H,17H2. The number of fused-ring (bicyclic) bond motifs is 1. The van der Waals surface area contributed by atoms with E-state index in [1.54, 1.807) is 18.3 Å². The number of halogens is 2. The van der Waals surface area contributed by atoms with Crippen LogP contribution in [0.3, 0.4) is 0 Å². The molecule has 0 spiro atoms. The number of pyridine rings is 1. The van der Waals surface area contributed by atoms with E-state index in [-0.39, 0.29) is 6.04 Å². The average Bonchev–Trinajstić information content (AvgIpc) is 2.84. The van der Waals surface area contributed by atoms with Crippen molar-refractivity contribution in [2.24, 2.45) is 5.84 Å². The highest BCUT2D eigenvalue weighted by atomic mass is 35.5. The quantitative estimate of drug-likeness (QED) is 0.440. The van der Waals surface area contributed by atoms with E-state index in [1.165, 1.54) is 0 Å². The lowest BCUT2D eigenvalue weighted by Gasteiger charge is -2.12. The Kier molecular flexibility index (Phi) is 3.63. The Morgan fingerprint density at radius 2 is 2.00 bits per heavy atom. The predicted molar refractivity (Wildman–Crippen MR) is 79.6 cm³/mol. The second-order valence-corrected chi connectivity index (χ2v) is 5.17. The zero-order chi connectivity index (χ0) is 14.1. The number of benzene rings is 1. The summed E-state index contributed by atoms with van der Waals surface area (Å²) in [6.45, 7) is 0. The van der Waals surface area contributed by atoms with E-state index in [4.69, 9.17) is 33.5 Å². The summed E-state index contributed by atoms with van der Waals surface area (Å²) in [4.78, 5) is 4.05. The van der Waals surface area contributed by atoms with Crippen LogP contribution < -0.4 is 11.3 Å². The van der Waals surface area contributed by atoms with Crippen LogP contribution in [0.2, 0.25) is 10.2 Å². The van der Waals surface area contributed by atoms with Crippen LogP contribution in [0.1, 0.15) is 17.4 Å². The summed E-state index contributed by atoms with van der Waals surface area (Å²) in [6, 6.07) is 10.6. The van der Waals surface area contributed by atoms with Crippen molar-refractivity contribution in [3.8, 4) is 0 Å². The molecule has 0 saturated heterocycles. The van der Waals surface area contributed by atoms with Crippen molar-refractivity contribution in [1.82, 2.24) is 10.4 Å². The van der Waals surface area contributed by atoms with Gasteiger partial charge in [0.1, 0.15) is 22.5 Å². The van der Waals surface area contributed by atoms with Gasteiger partial charge in [-0.1, -0.05) is 29.3 Å². The van der Waals surface area contributed by atoms with Crippen LogP contribution in [0, 0.1) is 0 Å². The van der Waals surface area contributed by atoms with Crippen molar-refractivity contribution >= 4 is 34.2 Å². The van der Waals surface area contributed by atoms with Gasteiger partial charge in [0, 0.05) is 16.6 Å². The molecule has 3 N–H and O–H groups in total. The highest BCUT2D eigenvalue weighted by molar-refractivity contribution is 6.31. The second-order valence-electron chi connectivity index (χ2n) is 4.34. The molecule has 0 amide bonds. The van der Waals surface area contributed by atoms with Gasteiger partial charge in [-0.3, -0.25) is 5.84 Å². The van der Waals surface area contributed by atoms with Crippen LogP contribution in [0.25, 0.3) is 11.0 Å². The topological polar surface area (TPSA) is 64.1 Å². The molecule has 2 aromatic heterocycles. The van der Waals surface area contributed by atoms with E-state index in [0.29, 0.717) is 15.9 Å². The summed E-state index contributed by atoms with van der Waals surface area (Å²) in [5.74, 6) is 6.32. The van der Waals surface area contributed by atoms with Crippen molar-refractivity contribution in [3.05, 3.63) is 64.1 Å². The van der Waals surface area contributed by atoms with E-state index >= 15 is 0 Å². The minimum atomic E-state index is -0.300. The van der Waals surface area contributed by atoms with Crippen molar-refractivity contribution in [3.63, 3.8) is 0 Å². The molecule has 0 aliphatic rings. The molecule has 0 aliphatic carbocycles. The Labute approximate surface area is 125 Å². The third kappa shape index (κ3) is 2.51. The van der Waals surface area contributed by atoms with Crippen molar-refractivity contribution in [2.75, 3.05) is 0 Å². The summed E-state index contributed by atoms with van der Waals surface area (Å²) < 4.78 is 5.80. The van der Waals surface area contributed by atoms with Crippen molar-refractivity contribution in [1.29, 1.82) is 0 Å². The van der Waals surface area contributed by atoms with Gasteiger partial charge in [-0.25, -0.2) is 10.4 Å². The maximum absolute atomic E-state index is 5.97. The minimum absolute atomic E-state index is 0.300. The SMILES string of the molecule is NNC(c1ccc(Cl)nc1)c1cc2cc(Cl)ccc2o1. The molecule has 2 heterocycles. The number of rotatable bonds is 3. The van der Waals surface area contributed by atoms with E-state index in [2.05, 4.69) is 10.4 Å². The Hall–Kier alpha value is -1.59. The zero-order valence-corrected chi connectivity index (χ0v) is 11.8. The zero-order valence-electron chi connectivity index (χ0n) is 10.3. The van der Waals surface area contributed by atoms with Crippen LogP contribution in [0.4, 0.5) is 0 Å². The van der Waals surface area contributed by atoms with Gasteiger partial charge in [0.2, 0.25) is 0 Å². The molecule has 0 bridgehead atoms. The molecule has 0 aliphatic heterocycles. The van der Waals surface area contributed by atoms with Gasteiger partial charge in [0.25, 0.3) is 0 Å². The number of hydrogen-bond acceptors (Lipinski definition) is 4. The predicted octanol–water partition coefficient (Wildman–Crippen LogP) is 3.69. The van der Waals surface area contributed by atoms with Gasteiger partial charge >= 0.3 is 0 Å². The average molecular weight is 308 g/mol. The van der Waals surface area contributed by atoms with Gasteiger partial charge in [-0.2, -0.15) is 0 Å². The van der Waals surface area contributed by atoms with E-state index in [0.717, 1.165) is 16.5 Å². The van der Waals surface area contributed by atoms with Crippen LogP contribution in [0.15, 0.2) is 47.0 Å². The molecule has 1 atom stereocenters. The number of nitrogens with two attached hydrogens (primary N) is 1. The summed E-state index contributed by atoms with van der Waals surface area (Å²) in [6.07, 6.45) is 1.66. The third-order valence-corrected chi connectivity index (χ3v) is 3.49. The minimum Gasteiger partial charge on any atom is -0.459 e. The first-order valence-electron chi connectivity index (χ1n) is 5.94. The fraction of sp³-hybridized carbons (Fsp3) is 0.0714. The maximum Gasteiger partial charge on any atom is 0.134 e. The number of nitrogens with one attached hydrogen (secondary N) is 1. The van der Waals surface area contributed by atoms with Crippen LogP contribution >= 0.6 is 23.2 Å². The summed E-state index contributed by atoms with van der Waals surface area (Å²) in [5, 5.41) is 2.02. The first kappa shape index (κ1) is 13.4. The van der Waals surface area contributed by atoms with Crippen LogP contribution in [0.5, 0.6) is 0 Å². The molecule has 0 fully saturated rings. The number of hydrogen-bond donors (Lipinski definition) is 2. The molecular weight excluding hydrogens is 297 g/mol. The van der Waals surface area contributed by atoms with Gasteiger partial charge in [0.05, 0.1) is 0 Å². The van der Waals surface area contributed by atoms with Gasteiger partial charge < -0.3 is 4.42 Å². The second kappa shape index (κ2) is 5.42. The molecule has 1 aromatic carbocycles. The molecule has 20 heavy (non-hydrogen) atoms. The Bertz CT molecular complexity index is 740. The lowest BCUT2D eigenvalue weighted by atomic mass is 10.1. The molecule has 6 heteroatoms. The summed E-state index contributed by atoms with van der Waals surface area (Å²) in [7, 11) is 0. The third-order valence-electron chi connectivity index (χ3n) is 3.03. The summed E-state index contributed by atoms with van der Waals surface area (Å²) >= 11 is 11.8. The molecule has 3 rings (SSSR count). The van der Waals surface area contributed by atoms with Crippen LogP contribution in [-0.2, 0) is 0 Å². The highest BCUT2D eigenvalue weighted by Crippen LogP contribution is 2.29. The first-order valence-corrected chi connectivity index (χ1v) is 6.69. The molecule has 3 aromatic rings. The van der Waals surface area contributed by atoms with E-state index in [1.807, 2.05) is 24.3 Å². The maximum atomic E-state index is 5.97. The molecule has 1 unspecified atom stereocenters. The van der Waals surface area contributed by atoms with Gasteiger partial charge in [-0.15, -0.1) is 0 Å². The Morgan fingerprint density at radius 3 is 2.70 bits per heavy atom. The Balaban J connectivity index is 2.04. The molecule has 0 saturated carbocycles. The summed E-state index contributed by atoms with van der Waals surface area (Å²) in [5.41, 5.74) is 4.34. The van der Waals surface area contributed by atoms with Gasteiger partial charge in [-0.05, 0) is 35.9 Å². The Morgan fingerprint density at radius 1 is 1.15 bits per heavy atom. The highest BCUT2D eigenvalue weighted by Gasteiger charge is 2.17. The monoisotopic (exact) mass is 307 g/mol. The van der Waals surface area contributed by atoms with Gasteiger partial charge in [0.15, 0.2) is 0 Å². The van der Waals surface area contributed by atoms with Crippen molar-refractivity contribution < 1.29 is 4.42 Å². The lowest BCUT2D eigenvalue weighted by Crippen LogP contribution is -2.28. The fourth-order valence-electron chi connectivity index (χ4n) is 2.08. The number of aromatic nitrogens is 1. The van der Waals surface area contributed by atoms with Crippen molar-refractivity contribution in [2.45, 2.75) is 6.04 Å². The molecule has 4 nitrogen and oxygen atoms in total. The van der Waals surface area contributed by atoms with Crippen LogP contribution in [-0.4, -0.2) is 4.98 Å². The molecule has 0 radical (unpaired) electrons. The number of hydrazine groups is 1. The normalized spacial score (nSPS) is 12.8. The van der Waals surface area contributed by atoms with E-state index in [9.17, 15) is 0 Å². The first-order chi connectivity index (χ1) is 9.67. The molecular formula is C14H11Cl2N3O. The largest absolute Gasteiger partial charge is 0.459 e. The molecule has 102 valence electrons.